The third-order valence-corrected chi connectivity index (χ3v) is 1.40. The minimum absolute atomic E-state index is 0.387. The van der Waals surface area contributed by atoms with Gasteiger partial charge in [-0.25, -0.2) is 4.98 Å². The van der Waals surface area contributed by atoms with Crippen LogP contribution >= 0.6 is 0 Å². The van der Waals surface area contributed by atoms with Gasteiger partial charge in [-0.1, -0.05) is 0 Å². The van der Waals surface area contributed by atoms with Gasteiger partial charge in [0.05, 0.1) is 25.1 Å². The number of aliphatic hydroxyl groups is 1. The van der Waals surface area contributed by atoms with Crippen molar-refractivity contribution in [3.8, 4) is 0 Å². The van der Waals surface area contributed by atoms with E-state index in [-0.39, 0.29) is 0 Å². The third-order valence-electron chi connectivity index (χ3n) is 1.40. The minimum atomic E-state index is -0.718. The Balaban J connectivity index is 2.43. The zero-order valence-corrected chi connectivity index (χ0v) is 6.09. The molecule has 1 atom stereocenters. The molecule has 1 aromatic heterocycles. The van der Waals surface area contributed by atoms with Gasteiger partial charge in [-0.05, 0) is 0 Å². The van der Waals surface area contributed by atoms with Gasteiger partial charge in [0.2, 0.25) is 0 Å². The fourth-order valence-corrected chi connectivity index (χ4v) is 0.732. The number of hydrogen-bond acceptors (Lipinski definition) is 4. The van der Waals surface area contributed by atoms with Crippen molar-refractivity contribution in [3.63, 3.8) is 0 Å². The van der Waals surface area contributed by atoms with Gasteiger partial charge in [-0.3, -0.25) is 0 Å². The van der Waals surface area contributed by atoms with Crippen molar-refractivity contribution >= 4 is 0 Å². The molecule has 0 aliphatic heterocycles. The summed E-state index contributed by atoms with van der Waals surface area (Å²) in [6.45, 7) is 0.387. The normalized spacial score (nSPS) is 13.8. The molecular weight excluding hydrogens is 144 g/mol. The van der Waals surface area contributed by atoms with E-state index in [4.69, 9.17) is 11.5 Å². The molecule has 1 unspecified atom stereocenters. The lowest BCUT2D eigenvalue weighted by Gasteiger charge is -2.14. The monoisotopic (exact) mass is 156 g/mol. The first kappa shape index (κ1) is 8.19. The second kappa shape index (κ2) is 3.47. The van der Waals surface area contributed by atoms with Crippen LogP contribution in [0.15, 0.2) is 18.7 Å². The van der Waals surface area contributed by atoms with Crippen LogP contribution in [-0.2, 0) is 6.54 Å². The Hall–Kier alpha value is -0.910. The second-order valence-corrected chi connectivity index (χ2v) is 2.40. The van der Waals surface area contributed by atoms with Gasteiger partial charge in [0.25, 0.3) is 0 Å². The Morgan fingerprint density at radius 2 is 2.27 bits per heavy atom. The van der Waals surface area contributed by atoms with E-state index in [1.54, 1.807) is 23.3 Å². The summed E-state index contributed by atoms with van der Waals surface area (Å²) in [5.41, 5.74) is 10.5. The molecule has 0 fully saturated rings. The highest BCUT2D eigenvalue weighted by molar-refractivity contribution is 4.77. The summed E-state index contributed by atoms with van der Waals surface area (Å²) in [5, 5.41) is 9.20. The highest BCUT2D eigenvalue weighted by atomic mass is 16.3. The topological polar surface area (TPSA) is 90.1 Å². The van der Waals surface area contributed by atoms with Crippen molar-refractivity contribution in [2.75, 3.05) is 0 Å². The molecule has 0 amide bonds. The number of hydrogen-bond donors (Lipinski definition) is 3. The molecule has 0 aliphatic rings. The fourth-order valence-electron chi connectivity index (χ4n) is 0.732. The Morgan fingerprint density at radius 3 is 2.73 bits per heavy atom. The van der Waals surface area contributed by atoms with E-state index < -0.39 is 12.3 Å². The summed E-state index contributed by atoms with van der Waals surface area (Å²) in [5.74, 6) is 0. The average Bonchev–Trinajstić information content (AvgIpc) is 2.39. The van der Waals surface area contributed by atoms with Crippen molar-refractivity contribution < 1.29 is 5.11 Å². The first-order valence-electron chi connectivity index (χ1n) is 3.35. The van der Waals surface area contributed by atoms with Crippen molar-refractivity contribution in [1.82, 2.24) is 9.55 Å². The summed E-state index contributed by atoms with van der Waals surface area (Å²) in [6.07, 6.45) is 3.56. The van der Waals surface area contributed by atoms with Gasteiger partial charge >= 0.3 is 0 Å². The molecule has 0 spiro atoms. The van der Waals surface area contributed by atoms with Crippen LogP contribution in [0.2, 0.25) is 0 Å². The van der Waals surface area contributed by atoms with Gasteiger partial charge in [-0.15, -0.1) is 0 Å². The number of aromatic nitrogens is 2. The summed E-state index contributed by atoms with van der Waals surface area (Å²) in [7, 11) is 0. The number of imidazole rings is 1. The Bertz CT molecular complexity index is 196. The molecule has 0 aromatic carbocycles. The molecule has 0 radical (unpaired) electrons. The SMILES string of the molecule is NC(N)C(O)Cn1ccnc1. The van der Waals surface area contributed by atoms with Crippen LogP contribution in [0.1, 0.15) is 0 Å². The van der Waals surface area contributed by atoms with Crippen LogP contribution in [0.25, 0.3) is 0 Å². The molecule has 1 heterocycles. The molecule has 5 nitrogen and oxygen atoms in total. The molecule has 0 bridgehead atoms. The predicted octanol–water partition coefficient (Wildman–Crippen LogP) is -1.51. The molecule has 5 heteroatoms. The quantitative estimate of drug-likeness (QED) is 0.464. The Kier molecular flexibility index (Phi) is 2.58. The van der Waals surface area contributed by atoms with E-state index in [9.17, 15) is 5.11 Å². The molecule has 11 heavy (non-hydrogen) atoms. The zero-order chi connectivity index (χ0) is 8.27. The molecule has 1 aromatic rings. The van der Waals surface area contributed by atoms with Gasteiger partial charge in [0, 0.05) is 12.4 Å². The minimum Gasteiger partial charge on any atom is -0.388 e. The van der Waals surface area contributed by atoms with Crippen LogP contribution in [0.4, 0.5) is 0 Å². The molecule has 62 valence electrons. The predicted molar refractivity (Wildman–Crippen MR) is 40.4 cm³/mol. The average molecular weight is 156 g/mol. The van der Waals surface area contributed by atoms with Crippen LogP contribution < -0.4 is 11.5 Å². The van der Waals surface area contributed by atoms with Crippen molar-refractivity contribution in [2.45, 2.75) is 18.8 Å². The van der Waals surface area contributed by atoms with E-state index in [1.165, 1.54) is 0 Å². The van der Waals surface area contributed by atoms with E-state index in [0.29, 0.717) is 6.54 Å². The fraction of sp³-hybridized carbons (Fsp3) is 0.500. The first-order valence-corrected chi connectivity index (χ1v) is 3.35. The molecule has 0 aliphatic carbocycles. The number of nitrogens with two attached hydrogens (primary N) is 2. The van der Waals surface area contributed by atoms with Crippen molar-refractivity contribution in [2.24, 2.45) is 11.5 Å². The number of nitrogens with zero attached hydrogens (tertiary/aromatic N) is 2. The summed E-state index contributed by atoms with van der Waals surface area (Å²) >= 11 is 0. The first-order chi connectivity index (χ1) is 5.20. The highest BCUT2D eigenvalue weighted by Crippen LogP contribution is 1.91. The standard InChI is InChI=1S/C6H12N4O/c7-6(8)5(11)3-10-2-1-9-4-10/h1-2,4-6,11H,3,7-8H2. The lowest BCUT2D eigenvalue weighted by atomic mass is 10.3. The van der Waals surface area contributed by atoms with E-state index in [2.05, 4.69) is 4.98 Å². The summed E-state index contributed by atoms with van der Waals surface area (Å²) in [6, 6.07) is 0. The molecule has 0 saturated carbocycles. The van der Waals surface area contributed by atoms with Crippen molar-refractivity contribution in [1.29, 1.82) is 0 Å². The van der Waals surface area contributed by atoms with E-state index >= 15 is 0 Å². The smallest absolute Gasteiger partial charge is 0.0999 e. The van der Waals surface area contributed by atoms with Crippen LogP contribution in [0.3, 0.4) is 0 Å². The third kappa shape index (κ3) is 2.30. The molecule has 5 N–H and O–H groups in total. The Labute approximate surface area is 64.6 Å². The van der Waals surface area contributed by atoms with Crippen LogP contribution in [-0.4, -0.2) is 26.9 Å². The van der Waals surface area contributed by atoms with E-state index in [0.717, 1.165) is 0 Å². The van der Waals surface area contributed by atoms with Gasteiger partial charge in [0.1, 0.15) is 0 Å². The maximum absolute atomic E-state index is 9.20. The molecule has 1 rings (SSSR count). The maximum atomic E-state index is 9.20. The van der Waals surface area contributed by atoms with Gasteiger partial charge in [-0.2, -0.15) is 0 Å². The number of aliphatic hydroxyl groups excluding tert-OH is 1. The molecule has 0 saturated heterocycles. The van der Waals surface area contributed by atoms with Gasteiger partial charge < -0.3 is 21.1 Å². The second-order valence-electron chi connectivity index (χ2n) is 2.40. The van der Waals surface area contributed by atoms with E-state index in [1.807, 2.05) is 0 Å². The summed E-state index contributed by atoms with van der Waals surface area (Å²) in [4.78, 5) is 3.80. The lowest BCUT2D eigenvalue weighted by Crippen LogP contribution is -2.44. The van der Waals surface area contributed by atoms with Crippen LogP contribution in [0, 0.1) is 0 Å². The van der Waals surface area contributed by atoms with Crippen molar-refractivity contribution in [3.05, 3.63) is 18.7 Å². The van der Waals surface area contributed by atoms with Crippen LogP contribution in [0.5, 0.6) is 0 Å². The van der Waals surface area contributed by atoms with Gasteiger partial charge in [0.15, 0.2) is 0 Å². The number of rotatable bonds is 3. The Morgan fingerprint density at radius 1 is 1.55 bits per heavy atom. The highest BCUT2D eigenvalue weighted by Gasteiger charge is 2.09. The largest absolute Gasteiger partial charge is 0.388 e. The lowest BCUT2D eigenvalue weighted by molar-refractivity contribution is 0.127. The maximum Gasteiger partial charge on any atom is 0.0999 e. The molecular formula is C6H12N4O. The zero-order valence-electron chi connectivity index (χ0n) is 6.09. The summed E-state index contributed by atoms with van der Waals surface area (Å²) < 4.78 is 1.72.